The van der Waals surface area contributed by atoms with Crippen LogP contribution in [-0.2, 0) is 11.2 Å². The molecule has 0 atom stereocenters. The highest BCUT2D eigenvalue weighted by atomic mass is 19.4. The average molecular weight is 234 g/mol. The van der Waals surface area contributed by atoms with Crippen LogP contribution >= 0.6 is 0 Å². The van der Waals surface area contributed by atoms with Crippen molar-refractivity contribution in [3.8, 4) is 5.75 Å². The van der Waals surface area contributed by atoms with Gasteiger partial charge in [0.05, 0.1) is 0 Å². The maximum absolute atomic E-state index is 12.0. The summed E-state index contributed by atoms with van der Waals surface area (Å²) in [7, 11) is 0. The zero-order chi connectivity index (χ0) is 12.2. The molecule has 6 heteroatoms. The Kier molecular flexibility index (Phi) is 3.76. The molecule has 1 N–H and O–H groups in total. The number of carboxylic acids is 1. The van der Waals surface area contributed by atoms with Gasteiger partial charge in [-0.1, -0.05) is 18.2 Å². The summed E-state index contributed by atoms with van der Waals surface area (Å²) in [5.41, 5.74) is 0.224. The van der Waals surface area contributed by atoms with Gasteiger partial charge in [-0.25, -0.2) is 0 Å². The Morgan fingerprint density at radius 3 is 2.50 bits per heavy atom. The second-order valence-electron chi connectivity index (χ2n) is 3.05. The van der Waals surface area contributed by atoms with E-state index < -0.39 is 12.3 Å². The van der Waals surface area contributed by atoms with E-state index in [-0.39, 0.29) is 24.2 Å². The monoisotopic (exact) mass is 234 g/mol. The molecule has 1 aromatic carbocycles. The molecular formula is C10H9F3O3. The molecular weight excluding hydrogens is 225 g/mol. The molecule has 0 aliphatic carbocycles. The second-order valence-corrected chi connectivity index (χ2v) is 3.05. The van der Waals surface area contributed by atoms with E-state index in [1.165, 1.54) is 18.2 Å². The molecule has 0 saturated carbocycles. The highest BCUT2D eigenvalue weighted by Gasteiger charge is 2.31. The third-order valence-corrected chi connectivity index (χ3v) is 1.81. The van der Waals surface area contributed by atoms with Crippen LogP contribution in [0.15, 0.2) is 24.3 Å². The molecule has 0 spiro atoms. The number of rotatable bonds is 4. The van der Waals surface area contributed by atoms with E-state index in [1.807, 2.05) is 0 Å². The molecule has 16 heavy (non-hydrogen) atoms. The Bertz CT molecular complexity index is 374. The van der Waals surface area contributed by atoms with Gasteiger partial charge in [-0.15, -0.1) is 13.2 Å². The van der Waals surface area contributed by atoms with Crippen LogP contribution in [-0.4, -0.2) is 17.4 Å². The third kappa shape index (κ3) is 4.20. The van der Waals surface area contributed by atoms with Crippen LogP contribution < -0.4 is 4.74 Å². The molecule has 0 saturated heterocycles. The van der Waals surface area contributed by atoms with E-state index in [2.05, 4.69) is 4.74 Å². The number of aliphatic carboxylic acids is 1. The van der Waals surface area contributed by atoms with Gasteiger partial charge in [0, 0.05) is 6.42 Å². The Morgan fingerprint density at radius 2 is 1.94 bits per heavy atom. The van der Waals surface area contributed by atoms with E-state index in [1.54, 1.807) is 0 Å². The average Bonchev–Trinajstić information content (AvgIpc) is 2.14. The van der Waals surface area contributed by atoms with E-state index in [4.69, 9.17) is 5.11 Å². The lowest BCUT2D eigenvalue weighted by atomic mass is 10.1. The number of halogens is 3. The predicted octanol–water partition coefficient (Wildman–Crippen LogP) is 2.60. The quantitative estimate of drug-likeness (QED) is 0.870. The van der Waals surface area contributed by atoms with Gasteiger partial charge in [-0.3, -0.25) is 4.79 Å². The molecule has 0 heterocycles. The van der Waals surface area contributed by atoms with Crippen LogP contribution in [0.2, 0.25) is 0 Å². The summed E-state index contributed by atoms with van der Waals surface area (Å²) < 4.78 is 39.7. The molecule has 1 aromatic rings. The summed E-state index contributed by atoms with van der Waals surface area (Å²) in [6, 6.07) is 5.49. The maximum atomic E-state index is 12.0. The van der Waals surface area contributed by atoms with Gasteiger partial charge < -0.3 is 9.84 Å². The Morgan fingerprint density at radius 1 is 1.31 bits per heavy atom. The van der Waals surface area contributed by atoms with Crippen molar-refractivity contribution in [3.63, 3.8) is 0 Å². The first-order valence-corrected chi connectivity index (χ1v) is 4.44. The number of aryl methyl sites for hydroxylation is 1. The molecule has 0 radical (unpaired) electrons. The Hall–Kier alpha value is -1.72. The van der Waals surface area contributed by atoms with Crippen LogP contribution in [0.1, 0.15) is 12.0 Å². The lowest BCUT2D eigenvalue weighted by Gasteiger charge is -2.12. The molecule has 0 bridgehead atoms. The number of carbonyl (C=O) groups is 1. The third-order valence-electron chi connectivity index (χ3n) is 1.81. The predicted molar refractivity (Wildman–Crippen MR) is 49.1 cm³/mol. The maximum Gasteiger partial charge on any atom is 0.573 e. The van der Waals surface area contributed by atoms with Crippen molar-refractivity contribution in [3.05, 3.63) is 29.8 Å². The lowest BCUT2D eigenvalue weighted by Crippen LogP contribution is -2.18. The highest BCUT2D eigenvalue weighted by molar-refractivity contribution is 5.67. The smallest absolute Gasteiger partial charge is 0.481 e. The van der Waals surface area contributed by atoms with Gasteiger partial charge in [0.2, 0.25) is 0 Å². The van der Waals surface area contributed by atoms with Crippen molar-refractivity contribution in [2.75, 3.05) is 0 Å². The number of benzene rings is 1. The molecule has 0 amide bonds. The normalized spacial score (nSPS) is 11.2. The van der Waals surface area contributed by atoms with E-state index in [9.17, 15) is 18.0 Å². The zero-order valence-electron chi connectivity index (χ0n) is 8.12. The second kappa shape index (κ2) is 4.87. The van der Waals surface area contributed by atoms with Crippen molar-refractivity contribution in [2.24, 2.45) is 0 Å². The van der Waals surface area contributed by atoms with Gasteiger partial charge in [0.1, 0.15) is 5.75 Å². The van der Waals surface area contributed by atoms with Crippen molar-refractivity contribution < 1.29 is 27.8 Å². The summed E-state index contributed by atoms with van der Waals surface area (Å²) in [5, 5.41) is 8.44. The fraction of sp³-hybridized carbons (Fsp3) is 0.300. The minimum Gasteiger partial charge on any atom is -0.481 e. The van der Waals surface area contributed by atoms with Gasteiger partial charge in [-0.05, 0) is 18.1 Å². The Labute approximate surface area is 89.5 Å². The van der Waals surface area contributed by atoms with Crippen molar-refractivity contribution in [2.45, 2.75) is 19.2 Å². The summed E-state index contributed by atoms with van der Waals surface area (Å²) in [6.45, 7) is 0. The molecule has 0 aliphatic rings. The summed E-state index contributed by atoms with van der Waals surface area (Å²) in [5.74, 6) is -1.42. The summed E-state index contributed by atoms with van der Waals surface area (Å²) in [4.78, 5) is 10.3. The van der Waals surface area contributed by atoms with Crippen LogP contribution in [0.4, 0.5) is 13.2 Å². The molecule has 0 aliphatic heterocycles. The molecule has 0 unspecified atom stereocenters. The van der Waals surface area contributed by atoms with Crippen molar-refractivity contribution in [1.29, 1.82) is 0 Å². The number of hydrogen-bond acceptors (Lipinski definition) is 2. The lowest BCUT2D eigenvalue weighted by molar-refractivity contribution is -0.274. The van der Waals surface area contributed by atoms with E-state index >= 15 is 0 Å². The fourth-order valence-corrected chi connectivity index (χ4v) is 1.18. The van der Waals surface area contributed by atoms with Gasteiger partial charge in [-0.2, -0.15) is 0 Å². The number of hydrogen-bond donors (Lipinski definition) is 1. The molecule has 0 fully saturated rings. The first-order chi connectivity index (χ1) is 7.38. The van der Waals surface area contributed by atoms with Crippen LogP contribution in [0.5, 0.6) is 5.75 Å². The molecule has 1 rings (SSSR count). The molecule has 3 nitrogen and oxygen atoms in total. The first-order valence-electron chi connectivity index (χ1n) is 4.44. The minimum atomic E-state index is -4.76. The largest absolute Gasteiger partial charge is 0.573 e. The van der Waals surface area contributed by atoms with Gasteiger partial charge in [0.15, 0.2) is 0 Å². The SMILES string of the molecule is O=C(O)CCc1ccccc1OC(F)(F)F. The Balaban J connectivity index is 2.79. The number of ether oxygens (including phenoxy) is 1. The van der Waals surface area contributed by atoms with Crippen molar-refractivity contribution in [1.82, 2.24) is 0 Å². The van der Waals surface area contributed by atoms with Crippen LogP contribution in [0.25, 0.3) is 0 Å². The molecule has 0 aromatic heterocycles. The summed E-state index contributed by atoms with van der Waals surface area (Å²) in [6.07, 6.45) is -5.00. The minimum absolute atomic E-state index is 0.00157. The van der Waals surface area contributed by atoms with E-state index in [0.29, 0.717) is 0 Å². The van der Waals surface area contributed by atoms with Crippen molar-refractivity contribution >= 4 is 5.97 Å². The van der Waals surface area contributed by atoms with E-state index in [0.717, 1.165) is 6.07 Å². The number of carboxylic acid groups (broad SMARTS) is 1. The fourth-order valence-electron chi connectivity index (χ4n) is 1.18. The highest BCUT2D eigenvalue weighted by Crippen LogP contribution is 2.26. The summed E-state index contributed by atoms with van der Waals surface area (Å²) >= 11 is 0. The van der Waals surface area contributed by atoms with Crippen LogP contribution in [0.3, 0.4) is 0 Å². The number of alkyl halides is 3. The molecule has 88 valence electrons. The first kappa shape index (κ1) is 12.4. The number of para-hydroxylation sites is 1. The standard InChI is InChI=1S/C10H9F3O3/c11-10(12,13)16-8-4-2-1-3-7(8)5-6-9(14)15/h1-4H,5-6H2,(H,14,15). The topological polar surface area (TPSA) is 46.5 Å². The van der Waals surface area contributed by atoms with Gasteiger partial charge in [0.25, 0.3) is 0 Å². The van der Waals surface area contributed by atoms with Gasteiger partial charge >= 0.3 is 12.3 Å². The zero-order valence-corrected chi connectivity index (χ0v) is 8.12. The van der Waals surface area contributed by atoms with Crippen LogP contribution in [0, 0.1) is 0 Å².